The number of aromatic amines is 1. The molecule has 1 atom stereocenters. The number of H-pyrrole nitrogens is 1. The lowest BCUT2D eigenvalue weighted by Crippen LogP contribution is -2.19. The molecule has 1 aromatic heterocycles. The van der Waals surface area contributed by atoms with Crippen molar-refractivity contribution in [2.75, 3.05) is 20.6 Å². The van der Waals surface area contributed by atoms with Crippen LogP contribution in [0.25, 0.3) is 10.9 Å². The maximum absolute atomic E-state index is 11.0. The van der Waals surface area contributed by atoms with Gasteiger partial charge >= 0.3 is 5.97 Å². The zero-order chi connectivity index (χ0) is 15.4. The van der Waals surface area contributed by atoms with Crippen LogP contribution in [0.2, 0.25) is 0 Å². The van der Waals surface area contributed by atoms with Crippen molar-refractivity contribution in [1.82, 2.24) is 9.88 Å². The number of hydrogen-bond donors (Lipinski definition) is 1. The fourth-order valence-corrected chi connectivity index (χ4v) is 2.30. The van der Waals surface area contributed by atoms with Crippen molar-refractivity contribution in [1.29, 1.82) is 0 Å². The number of nitrogens with zero attached hydrogens (tertiary/aromatic N) is 1. The molecule has 0 saturated carbocycles. The van der Waals surface area contributed by atoms with Gasteiger partial charge < -0.3 is 19.4 Å². The number of carbonyl (C=O) groups excluding carboxylic acids is 1. The topological polar surface area (TPSA) is 54.6 Å². The Labute approximate surface area is 124 Å². The van der Waals surface area contributed by atoms with Crippen LogP contribution in [0.1, 0.15) is 19.4 Å². The number of fused-ring (bicyclic) bond motifs is 1. The highest BCUT2D eigenvalue weighted by molar-refractivity contribution is 5.89. The molecule has 21 heavy (non-hydrogen) atoms. The first kappa shape index (κ1) is 15.4. The maximum atomic E-state index is 11.0. The largest absolute Gasteiger partial charge is 0.454 e. The van der Waals surface area contributed by atoms with Gasteiger partial charge in [-0.2, -0.15) is 0 Å². The fourth-order valence-electron chi connectivity index (χ4n) is 2.30. The molecule has 0 spiro atoms. The Bertz CT molecular complexity index is 619. The van der Waals surface area contributed by atoms with Crippen LogP contribution in [0, 0.1) is 0 Å². The molecule has 0 amide bonds. The zero-order valence-corrected chi connectivity index (χ0v) is 13.0. The van der Waals surface area contributed by atoms with Gasteiger partial charge in [0.05, 0.1) is 0 Å². The normalized spacial score (nSPS) is 12.6. The average Bonchev–Trinajstić information content (AvgIpc) is 2.79. The van der Waals surface area contributed by atoms with E-state index in [1.807, 2.05) is 24.4 Å². The molecule has 1 N–H and O–H groups in total. The summed E-state index contributed by atoms with van der Waals surface area (Å²) >= 11 is 0. The molecule has 0 aliphatic rings. The molecule has 114 valence electrons. The summed E-state index contributed by atoms with van der Waals surface area (Å²) in [6.45, 7) is 4.05. The molecular formula is C16H22N2O3. The molecule has 0 saturated heterocycles. The summed E-state index contributed by atoms with van der Waals surface area (Å²) in [4.78, 5) is 16.4. The number of aromatic nitrogens is 1. The molecule has 0 aliphatic carbocycles. The Balaban J connectivity index is 2.25. The second-order valence-corrected chi connectivity index (χ2v) is 5.34. The van der Waals surface area contributed by atoms with Crippen molar-refractivity contribution < 1.29 is 14.3 Å². The summed E-state index contributed by atoms with van der Waals surface area (Å²) in [6, 6.07) is 5.83. The first-order chi connectivity index (χ1) is 9.97. The van der Waals surface area contributed by atoms with Crippen LogP contribution in [-0.2, 0) is 16.0 Å². The molecule has 0 aliphatic heterocycles. The summed E-state index contributed by atoms with van der Waals surface area (Å²) in [5.41, 5.74) is 2.22. The molecule has 5 heteroatoms. The van der Waals surface area contributed by atoms with E-state index in [9.17, 15) is 4.79 Å². The van der Waals surface area contributed by atoms with E-state index in [1.165, 1.54) is 12.5 Å². The first-order valence-electron chi connectivity index (χ1n) is 7.05. The molecule has 1 aromatic carbocycles. The number of nitrogens with one attached hydrogen (secondary N) is 1. The van der Waals surface area contributed by atoms with E-state index >= 15 is 0 Å². The third-order valence-corrected chi connectivity index (χ3v) is 3.20. The number of carbonyl (C=O) groups is 1. The summed E-state index contributed by atoms with van der Waals surface area (Å²) in [6.07, 6.45) is 2.33. The van der Waals surface area contributed by atoms with Crippen molar-refractivity contribution in [2.24, 2.45) is 0 Å². The summed E-state index contributed by atoms with van der Waals surface area (Å²) < 4.78 is 10.8. The number of esters is 1. The highest BCUT2D eigenvalue weighted by atomic mass is 16.7. The van der Waals surface area contributed by atoms with E-state index in [0.717, 1.165) is 29.6 Å². The van der Waals surface area contributed by atoms with Gasteiger partial charge in [-0.05, 0) is 38.2 Å². The molecule has 1 heterocycles. The van der Waals surface area contributed by atoms with E-state index in [2.05, 4.69) is 24.0 Å². The molecule has 1 unspecified atom stereocenters. The van der Waals surface area contributed by atoms with Gasteiger partial charge in [0.15, 0.2) is 0 Å². The number of hydrogen-bond acceptors (Lipinski definition) is 4. The Hall–Kier alpha value is -2.01. The van der Waals surface area contributed by atoms with Gasteiger partial charge in [-0.3, -0.25) is 4.79 Å². The predicted octanol–water partition coefficient (Wildman–Crippen LogP) is 2.56. The lowest BCUT2D eigenvalue weighted by atomic mass is 10.1. The van der Waals surface area contributed by atoms with Gasteiger partial charge in [-0.25, -0.2) is 0 Å². The standard InChI is InChI=1S/C16H22N2O3/c1-11(19)20-12(2)21-15-7-5-6-14-16(15)13(10-17-14)8-9-18(3)4/h5-7,10,12,17H,8-9H2,1-4H3. The van der Waals surface area contributed by atoms with Gasteiger partial charge in [0.2, 0.25) is 6.29 Å². The monoisotopic (exact) mass is 290 g/mol. The van der Waals surface area contributed by atoms with Gasteiger partial charge in [-0.1, -0.05) is 6.07 Å². The van der Waals surface area contributed by atoms with Crippen LogP contribution in [-0.4, -0.2) is 42.8 Å². The van der Waals surface area contributed by atoms with Crippen LogP contribution in [0.3, 0.4) is 0 Å². The second-order valence-electron chi connectivity index (χ2n) is 5.34. The highest BCUT2D eigenvalue weighted by Gasteiger charge is 2.13. The minimum atomic E-state index is -0.607. The molecule has 2 aromatic rings. The molecule has 0 fully saturated rings. The van der Waals surface area contributed by atoms with Gasteiger partial charge in [-0.15, -0.1) is 0 Å². The van der Waals surface area contributed by atoms with Crippen LogP contribution in [0.4, 0.5) is 0 Å². The zero-order valence-electron chi connectivity index (χ0n) is 13.0. The van der Waals surface area contributed by atoms with Crippen molar-refractivity contribution in [2.45, 2.75) is 26.6 Å². The number of likely N-dealkylation sites (N-methyl/N-ethyl adjacent to an activating group) is 1. The lowest BCUT2D eigenvalue weighted by Gasteiger charge is -2.16. The number of ether oxygens (including phenoxy) is 2. The van der Waals surface area contributed by atoms with E-state index in [1.54, 1.807) is 6.92 Å². The van der Waals surface area contributed by atoms with Gasteiger partial charge in [0, 0.05) is 37.5 Å². The third-order valence-electron chi connectivity index (χ3n) is 3.20. The Morgan fingerprint density at radius 3 is 2.81 bits per heavy atom. The van der Waals surface area contributed by atoms with Crippen molar-refractivity contribution in [3.8, 4) is 5.75 Å². The number of rotatable bonds is 6. The number of benzene rings is 1. The van der Waals surface area contributed by atoms with Crippen LogP contribution in [0.15, 0.2) is 24.4 Å². The SMILES string of the molecule is CC(=O)OC(C)Oc1cccc2[nH]cc(CCN(C)C)c12. The summed E-state index contributed by atoms with van der Waals surface area (Å²) in [5.74, 6) is 0.382. The van der Waals surface area contributed by atoms with Gasteiger partial charge in [0.1, 0.15) is 5.75 Å². The van der Waals surface area contributed by atoms with E-state index in [0.29, 0.717) is 0 Å². The predicted molar refractivity (Wildman–Crippen MR) is 82.4 cm³/mol. The van der Waals surface area contributed by atoms with Crippen molar-refractivity contribution in [3.63, 3.8) is 0 Å². The van der Waals surface area contributed by atoms with Crippen LogP contribution >= 0.6 is 0 Å². The van der Waals surface area contributed by atoms with Crippen molar-refractivity contribution >= 4 is 16.9 Å². The molecule has 2 rings (SSSR count). The van der Waals surface area contributed by atoms with Crippen molar-refractivity contribution in [3.05, 3.63) is 30.0 Å². The summed E-state index contributed by atoms with van der Waals surface area (Å²) in [7, 11) is 4.10. The minimum absolute atomic E-state index is 0.350. The highest BCUT2D eigenvalue weighted by Crippen LogP contribution is 2.30. The molecule has 0 radical (unpaired) electrons. The average molecular weight is 290 g/mol. The Morgan fingerprint density at radius 2 is 2.14 bits per heavy atom. The minimum Gasteiger partial charge on any atom is -0.454 e. The van der Waals surface area contributed by atoms with Gasteiger partial charge in [0.25, 0.3) is 0 Å². The maximum Gasteiger partial charge on any atom is 0.305 e. The Morgan fingerprint density at radius 1 is 1.38 bits per heavy atom. The molecule has 0 bridgehead atoms. The Kier molecular flexibility index (Phi) is 4.85. The second kappa shape index (κ2) is 6.63. The van der Waals surface area contributed by atoms with E-state index in [-0.39, 0.29) is 5.97 Å². The van der Waals surface area contributed by atoms with Crippen LogP contribution < -0.4 is 4.74 Å². The molecular weight excluding hydrogens is 268 g/mol. The smallest absolute Gasteiger partial charge is 0.305 e. The van der Waals surface area contributed by atoms with E-state index in [4.69, 9.17) is 9.47 Å². The lowest BCUT2D eigenvalue weighted by molar-refractivity contribution is -0.158. The fraction of sp³-hybridized carbons (Fsp3) is 0.438. The third kappa shape index (κ3) is 3.98. The molecule has 5 nitrogen and oxygen atoms in total. The first-order valence-corrected chi connectivity index (χ1v) is 7.05. The van der Waals surface area contributed by atoms with E-state index < -0.39 is 6.29 Å². The summed E-state index contributed by atoms with van der Waals surface area (Å²) in [5, 5.41) is 1.05. The van der Waals surface area contributed by atoms with Crippen LogP contribution in [0.5, 0.6) is 5.75 Å². The quantitative estimate of drug-likeness (QED) is 0.656.